The maximum Gasteiger partial charge on any atom is 0.329 e. The molecule has 0 bridgehead atoms. The fraction of sp³-hybridized carbons (Fsp3) is 0.0714. The first-order valence-corrected chi connectivity index (χ1v) is 11.9. The fourth-order valence-electron chi connectivity index (χ4n) is 3.86. The quantitative estimate of drug-likeness (QED) is 0.176. The summed E-state index contributed by atoms with van der Waals surface area (Å²) < 4.78 is 6.97. The summed E-state index contributed by atoms with van der Waals surface area (Å²) in [6, 6.07) is 29.3. The molecule has 1 aliphatic heterocycles. The zero-order chi connectivity index (χ0) is 23.5. The molecule has 168 valence electrons. The Morgan fingerprint density at radius 1 is 0.824 bits per heavy atom. The Morgan fingerprint density at radius 2 is 1.59 bits per heavy atom. The van der Waals surface area contributed by atoms with E-state index in [0.29, 0.717) is 6.61 Å². The molecular weight excluding hydrogens is 539 g/mol. The number of carbonyl (C=O) groups is 2. The molecule has 0 unspecified atom stereocenters. The van der Waals surface area contributed by atoms with Gasteiger partial charge in [0.1, 0.15) is 18.1 Å². The average Bonchev–Trinajstić information content (AvgIpc) is 3.11. The molecule has 6 heteroatoms. The summed E-state index contributed by atoms with van der Waals surface area (Å²) in [4.78, 5) is 26.3. The Hall–Kier alpha value is -3.65. The van der Waals surface area contributed by atoms with Crippen LogP contribution in [0.1, 0.15) is 16.7 Å². The third-order valence-electron chi connectivity index (χ3n) is 5.62. The van der Waals surface area contributed by atoms with E-state index < -0.39 is 6.03 Å². The number of amides is 3. The molecule has 0 atom stereocenters. The summed E-state index contributed by atoms with van der Waals surface area (Å²) in [5, 5.41) is 5.07. The lowest BCUT2D eigenvalue weighted by atomic mass is 10.1. The van der Waals surface area contributed by atoms with Crippen LogP contribution in [0.5, 0.6) is 5.75 Å². The molecule has 0 aromatic heterocycles. The predicted molar refractivity (Wildman–Crippen MR) is 141 cm³/mol. The van der Waals surface area contributed by atoms with Crippen molar-refractivity contribution in [3.63, 3.8) is 0 Å². The van der Waals surface area contributed by atoms with Crippen molar-refractivity contribution < 1.29 is 14.3 Å². The normalized spacial score (nSPS) is 14.6. The van der Waals surface area contributed by atoms with Gasteiger partial charge in [0, 0.05) is 0 Å². The van der Waals surface area contributed by atoms with Gasteiger partial charge in [0.05, 0.1) is 10.1 Å². The summed E-state index contributed by atoms with van der Waals surface area (Å²) in [6.45, 7) is 0.701. The lowest BCUT2D eigenvalue weighted by molar-refractivity contribution is -0.123. The average molecular weight is 560 g/mol. The number of ether oxygens (including phenoxy) is 1. The van der Waals surface area contributed by atoms with Crippen LogP contribution in [0.2, 0.25) is 0 Å². The van der Waals surface area contributed by atoms with Crippen LogP contribution < -0.4 is 10.1 Å². The standard InChI is InChI=1S/C28H21IN2O3/c29-24-15-20(16-25-27(32)31(28(33)30-25)17-19-6-2-1-3-7-19)11-13-26(24)34-18-21-10-12-22-8-4-5-9-23(22)14-21/h1-16H,17-18H2,(H,30,33)/b25-16+. The van der Waals surface area contributed by atoms with Gasteiger partial charge < -0.3 is 10.1 Å². The molecular formula is C28H21IN2O3. The lowest BCUT2D eigenvalue weighted by Crippen LogP contribution is -2.30. The zero-order valence-electron chi connectivity index (χ0n) is 18.2. The Kier molecular flexibility index (Phi) is 6.31. The number of benzene rings is 4. The molecule has 0 saturated carbocycles. The smallest absolute Gasteiger partial charge is 0.329 e. The van der Waals surface area contributed by atoms with Gasteiger partial charge in [-0.15, -0.1) is 0 Å². The number of hydrogen-bond acceptors (Lipinski definition) is 3. The van der Waals surface area contributed by atoms with Crippen molar-refractivity contribution in [2.24, 2.45) is 0 Å². The molecule has 0 aliphatic carbocycles. The van der Waals surface area contributed by atoms with Crippen LogP contribution in [0.25, 0.3) is 16.8 Å². The minimum absolute atomic E-state index is 0.238. The zero-order valence-corrected chi connectivity index (χ0v) is 20.4. The van der Waals surface area contributed by atoms with Gasteiger partial charge in [-0.2, -0.15) is 0 Å². The van der Waals surface area contributed by atoms with Gasteiger partial charge in [-0.05, 0) is 74.3 Å². The van der Waals surface area contributed by atoms with Crippen LogP contribution in [-0.2, 0) is 17.9 Å². The van der Waals surface area contributed by atoms with Crippen LogP contribution in [0.4, 0.5) is 4.79 Å². The van der Waals surface area contributed by atoms with Gasteiger partial charge in [0.15, 0.2) is 0 Å². The predicted octanol–water partition coefficient (Wildman–Crippen LogP) is 6.12. The molecule has 34 heavy (non-hydrogen) atoms. The second-order valence-electron chi connectivity index (χ2n) is 8.03. The fourth-order valence-corrected chi connectivity index (χ4v) is 4.56. The highest BCUT2D eigenvalue weighted by Gasteiger charge is 2.33. The second-order valence-corrected chi connectivity index (χ2v) is 9.19. The van der Waals surface area contributed by atoms with Gasteiger partial charge in [-0.25, -0.2) is 4.79 Å². The number of fused-ring (bicyclic) bond motifs is 1. The minimum atomic E-state index is -0.412. The largest absolute Gasteiger partial charge is 0.488 e. The van der Waals surface area contributed by atoms with E-state index in [9.17, 15) is 9.59 Å². The molecule has 4 aromatic rings. The van der Waals surface area contributed by atoms with Gasteiger partial charge in [-0.1, -0.05) is 72.8 Å². The van der Waals surface area contributed by atoms with Gasteiger partial charge >= 0.3 is 6.03 Å². The van der Waals surface area contributed by atoms with Crippen LogP contribution >= 0.6 is 22.6 Å². The van der Waals surface area contributed by atoms with Crippen LogP contribution in [-0.4, -0.2) is 16.8 Å². The van der Waals surface area contributed by atoms with E-state index >= 15 is 0 Å². The number of rotatable bonds is 6. The summed E-state index contributed by atoms with van der Waals surface area (Å²) in [7, 11) is 0. The molecule has 3 amide bonds. The third kappa shape index (κ3) is 4.82. The van der Waals surface area contributed by atoms with E-state index in [4.69, 9.17) is 4.74 Å². The maximum atomic E-state index is 12.8. The number of urea groups is 1. The van der Waals surface area contributed by atoms with Crippen molar-refractivity contribution >= 4 is 51.4 Å². The Morgan fingerprint density at radius 3 is 2.38 bits per heavy atom. The summed E-state index contributed by atoms with van der Waals surface area (Å²) in [6.07, 6.45) is 1.69. The molecule has 5 nitrogen and oxygen atoms in total. The first-order valence-electron chi connectivity index (χ1n) is 10.9. The number of carbonyl (C=O) groups excluding carboxylic acids is 2. The highest BCUT2D eigenvalue weighted by Crippen LogP contribution is 2.26. The van der Waals surface area contributed by atoms with E-state index in [1.807, 2.05) is 60.7 Å². The van der Waals surface area contributed by atoms with Crippen molar-refractivity contribution in [1.29, 1.82) is 0 Å². The Bertz CT molecular complexity index is 1420. The van der Waals surface area contributed by atoms with E-state index in [2.05, 4.69) is 58.2 Å². The molecule has 0 radical (unpaired) electrons. The van der Waals surface area contributed by atoms with E-state index in [1.54, 1.807) is 6.08 Å². The number of halogens is 1. The Balaban J connectivity index is 1.27. The Labute approximate surface area is 211 Å². The van der Waals surface area contributed by atoms with Crippen molar-refractivity contribution in [3.05, 3.63) is 117 Å². The molecule has 1 heterocycles. The summed E-state index contributed by atoms with van der Waals surface area (Å²) in [5.41, 5.74) is 3.07. The van der Waals surface area contributed by atoms with Crippen LogP contribution in [0.15, 0.2) is 96.7 Å². The van der Waals surface area contributed by atoms with Crippen LogP contribution in [0, 0.1) is 3.57 Å². The van der Waals surface area contributed by atoms with E-state index in [0.717, 1.165) is 26.0 Å². The topological polar surface area (TPSA) is 58.6 Å². The molecule has 1 N–H and O–H groups in total. The number of nitrogens with zero attached hydrogens (tertiary/aromatic N) is 1. The van der Waals surface area contributed by atoms with Gasteiger partial charge in [0.2, 0.25) is 0 Å². The minimum Gasteiger partial charge on any atom is -0.488 e. The number of hydrogen-bond donors (Lipinski definition) is 1. The van der Waals surface area contributed by atoms with Crippen molar-refractivity contribution in [2.75, 3.05) is 0 Å². The summed E-state index contributed by atoms with van der Waals surface area (Å²) in [5.74, 6) is 0.434. The number of nitrogens with one attached hydrogen (secondary N) is 1. The molecule has 1 fully saturated rings. The summed E-state index contributed by atoms with van der Waals surface area (Å²) >= 11 is 2.22. The first kappa shape index (κ1) is 22.2. The second kappa shape index (κ2) is 9.69. The maximum absolute atomic E-state index is 12.8. The highest BCUT2D eigenvalue weighted by molar-refractivity contribution is 14.1. The van der Waals surface area contributed by atoms with Crippen molar-refractivity contribution in [1.82, 2.24) is 10.2 Å². The lowest BCUT2D eigenvalue weighted by Gasteiger charge is -2.11. The van der Waals surface area contributed by atoms with Crippen molar-refractivity contribution in [2.45, 2.75) is 13.2 Å². The molecule has 1 aliphatic rings. The highest BCUT2D eigenvalue weighted by atomic mass is 127. The van der Waals surface area contributed by atoms with E-state index in [-0.39, 0.29) is 18.1 Å². The molecule has 5 rings (SSSR count). The SMILES string of the molecule is O=C1N/C(=C/c2ccc(OCc3ccc4ccccc4c3)c(I)c2)C(=O)N1Cc1ccccc1. The van der Waals surface area contributed by atoms with Crippen LogP contribution in [0.3, 0.4) is 0 Å². The van der Waals surface area contributed by atoms with Crippen molar-refractivity contribution in [3.8, 4) is 5.75 Å². The van der Waals surface area contributed by atoms with Gasteiger partial charge in [-0.3, -0.25) is 9.69 Å². The molecule has 0 spiro atoms. The number of imide groups is 1. The monoisotopic (exact) mass is 560 g/mol. The molecule has 4 aromatic carbocycles. The third-order valence-corrected chi connectivity index (χ3v) is 6.46. The first-order chi connectivity index (χ1) is 16.6. The molecule has 1 saturated heterocycles. The van der Waals surface area contributed by atoms with E-state index in [1.165, 1.54) is 15.7 Å². The van der Waals surface area contributed by atoms with Gasteiger partial charge in [0.25, 0.3) is 5.91 Å².